The summed E-state index contributed by atoms with van der Waals surface area (Å²) in [7, 11) is 1.93. The lowest BCUT2D eigenvalue weighted by Crippen LogP contribution is -2.34. The molecule has 2 aromatic heterocycles. The van der Waals surface area contributed by atoms with E-state index in [1.807, 2.05) is 25.5 Å². The van der Waals surface area contributed by atoms with Gasteiger partial charge in [0.15, 0.2) is 0 Å². The summed E-state index contributed by atoms with van der Waals surface area (Å²) in [6.07, 6.45) is 0.719. The van der Waals surface area contributed by atoms with Crippen LogP contribution in [0.2, 0.25) is 5.02 Å². The number of benzene rings is 1. The first-order valence-electron chi connectivity index (χ1n) is 9.84. The third-order valence-electron chi connectivity index (χ3n) is 5.07. The zero-order valence-corrected chi connectivity index (χ0v) is 18.3. The molecule has 0 aliphatic carbocycles. The zero-order chi connectivity index (χ0) is 21.3. The lowest BCUT2D eigenvalue weighted by molar-refractivity contribution is 0.0720. The van der Waals surface area contributed by atoms with E-state index in [0.29, 0.717) is 23.7 Å². The molecule has 3 rings (SSSR count). The molecule has 0 bridgehead atoms. The fraction of sp³-hybridized carbons (Fsp3) is 0.409. The maximum atomic E-state index is 13.2. The van der Waals surface area contributed by atoms with E-state index in [1.54, 1.807) is 35.2 Å². The summed E-state index contributed by atoms with van der Waals surface area (Å²) in [6.45, 7) is 9.01. The maximum Gasteiger partial charge on any atom is 0.274 e. The normalized spacial score (nSPS) is 11.4. The van der Waals surface area contributed by atoms with E-state index < -0.39 is 0 Å². The van der Waals surface area contributed by atoms with Gasteiger partial charge in [0.1, 0.15) is 5.65 Å². The molecule has 154 valence electrons. The van der Waals surface area contributed by atoms with Crippen molar-refractivity contribution in [3.8, 4) is 0 Å². The first-order chi connectivity index (χ1) is 13.7. The summed E-state index contributed by atoms with van der Waals surface area (Å²) < 4.78 is 3.42. The fourth-order valence-corrected chi connectivity index (χ4v) is 3.81. The predicted octanol–water partition coefficient (Wildman–Crippen LogP) is 3.86. The van der Waals surface area contributed by atoms with Crippen molar-refractivity contribution in [3.05, 3.63) is 68.2 Å². The van der Waals surface area contributed by atoms with Gasteiger partial charge < -0.3 is 9.47 Å². The Morgan fingerprint density at radius 2 is 2.00 bits per heavy atom. The highest BCUT2D eigenvalue weighted by Crippen LogP contribution is 2.20. The Morgan fingerprint density at radius 1 is 1.28 bits per heavy atom. The van der Waals surface area contributed by atoms with Crippen LogP contribution < -0.4 is 5.56 Å². The Hall–Kier alpha value is -2.60. The van der Waals surface area contributed by atoms with Crippen LogP contribution in [0.3, 0.4) is 0 Å². The number of halogens is 1. The van der Waals surface area contributed by atoms with Crippen molar-refractivity contribution in [2.75, 3.05) is 6.54 Å². The van der Waals surface area contributed by atoms with Crippen molar-refractivity contribution >= 4 is 23.2 Å². The first-order valence-corrected chi connectivity index (χ1v) is 10.2. The molecule has 29 heavy (non-hydrogen) atoms. The highest BCUT2D eigenvalue weighted by Gasteiger charge is 2.23. The number of aryl methyl sites for hydroxylation is 3. The van der Waals surface area contributed by atoms with Gasteiger partial charge in [0.2, 0.25) is 0 Å². The minimum Gasteiger partial charge on any atom is -0.333 e. The van der Waals surface area contributed by atoms with Crippen LogP contribution in [0.5, 0.6) is 0 Å². The summed E-state index contributed by atoms with van der Waals surface area (Å²) in [5, 5.41) is 5.12. The number of amides is 1. The van der Waals surface area contributed by atoms with Crippen LogP contribution in [0.25, 0.3) is 5.65 Å². The van der Waals surface area contributed by atoms with Crippen molar-refractivity contribution in [2.24, 2.45) is 13.0 Å². The topological polar surface area (TPSA) is 59.6 Å². The van der Waals surface area contributed by atoms with Crippen LogP contribution in [0.4, 0.5) is 0 Å². The van der Waals surface area contributed by atoms with Crippen molar-refractivity contribution < 1.29 is 4.79 Å². The Balaban J connectivity index is 2.07. The molecule has 0 N–H and O–H groups in total. The molecule has 7 heteroatoms. The fourth-order valence-electron chi connectivity index (χ4n) is 3.62. The Labute approximate surface area is 175 Å². The van der Waals surface area contributed by atoms with Gasteiger partial charge in [-0.2, -0.15) is 9.61 Å². The van der Waals surface area contributed by atoms with E-state index in [9.17, 15) is 9.59 Å². The van der Waals surface area contributed by atoms with Gasteiger partial charge in [-0.05, 0) is 37.5 Å². The first kappa shape index (κ1) is 21.1. The van der Waals surface area contributed by atoms with Gasteiger partial charge in [0.25, 0.3) is 11.5 Å². The molecule has 0 aliphatic heterocycles. The second-order valence-electron chi connectivity index (χ2n) is 7.79. The molecule has 2 heterocycles. The van der Waals surface area contributed by atoms with E-state index in [4.69, 9.17) is 11.6 Å². The highest BCUT2D eigenvalue weighted by molar-refractivity contribution is 6.30. The molecule has 0 atom stereocenters. The van der Waals surface area contributed by atoms with Gasteiger partial charge in [0.05, 0.1) is 12.2 Å². The summed E-state index contributed by atoms with van der Waals surface area (Å²) in [5.41, 5.74) is 3.78. The molecular weight excluding hydrogens is 388 g/mol. The number of nitrogens with zero attached hydrogens (tertiary/aromatic N) is 4. The molecule has 1 amide bonds. The smallest absolute Gasteiger partial charge is 0.274 e. The van der Waals surface area contributed by atoms with Gasteiger partial charge >= 0.3 is 0 Å². The highest BCUT2D eigenvalue weighted by atomic mass is 35.5. The van der Waals surface area contributed by atoms with E-state index in [0.717, 1.165) is 29.0 Å². The third-order valence-corrected chi connectivity index (χ3v) is 5.30. The monoisotopic (exact) mass is 414 g/mol. The molecule has 0 fully saturated rings. The minimum absolute atomic E-state index is 0.0942. The molecule has 0 saturated heterocycles. The number of carbonyl (C=O) groups is 1. The van der Waals surface area contributed by atoms with Crippen LogP contribution in [-0.4, -0.2) is 31.5 Å². The molecule has 0 saturated carbocycles. The van der Waals surface area contributed by atoms with Crippen LogP contribution >= 0.6 is 11.6 Å². The maximum absolute atomic E-state index is 13.2. The quantitative estimate of drug-likeness (QED) is 0.615. The van der Waals surface area contributed by atoms with Crippen molar-refractivity contribution in [3.63, 3.8) is 0 Å². The number of carbonyl (C=O) groups excluding carboxylic acids is 1. The van der Waals surface area contributed by atoms with Gasteiger partial charge in [0, 0.05) is 41.5 Å². The largest absolute Gasteiger partial charge is 0.333 e. The zero-order valence-electron chi connectivity index (χ0n) is 17.6. The summed E-state index contributed by atoms with van der Waals surface area (Å²) in [6, 6.07) is 8.55. The number of rotatable bonds is 6. The SMILES string of the molecule is CCc1c(CN(CC(C)C)C(=O)c2cccc(Cl)c2)nn2c(=O)cc(C)n(C)c12. The average molecular weight is 415 g/mol. The van der Waals surface area contributed by atoms with Crippen LogP contribution in [0.1, 0.15) is 48.1 Å². The lowest BCUT2D eigenvalue weighted by Gasteiger charge is -2.24. The van der Waals surface area contributed by atoms with Crippen LogP contribution in [0, 0.1) is 12.8 Å². The number of hydrogen-bond donors (Lipinski definition) is 0. The Bertz CT molecular complexity index is 1110. The van der Waals surface area contributed by atoms with Crippen LogP contribution in [-0.2, 0) is 20.0 Å². The van der Waals surface area contributed by atoms with Gasteiger partial charge in [-0.25, -0.2) is 0 Å². The average Bonchev–Trinajstić information content (AvgIpc) is 3.03. The second-order valence-corrected chi connectivity index (χ2v) is 8.22. The standard InChI is InChI=1S/C22H27ClN4O2/c1-6-18-19(24-27-20(28)10-15(4)25(5)21(18)27)13-26(12-14(2)3)22(29)16-8-7-9-17(23)11-16/h7-11,14H,6,12-13H2,1-5H3. The van der Waals surface area contributed by atoms with Crippen molar-refractivity contribution in [1.29, 1.82) is 0 Å². The Kier molecular flexibility index (Phi) is 6.13. The number of aromatic nitrogens is 3. The predicted molar refractivity (Wildman–Crippen MR) is 116 cm³/mol. The van der Waals surface area contributed by atoms with E-state index in [1.165, 1.54) is 4.52 Å². The molecule has 1 aromatic carbocycles. The second kappa shape index (κ2) is 8.41. The molecular formula is C22H27ClN4O2. The van der Waals surface area contributed by atoms with E-state index >= 15 is 0 Å². The summed E-state index contributed by atoms with van der Waals surface area (Å²) in [5.74, 6) is 0.192. The molecule has 0 unspecified atom stereocenters. The van der Waals surface area contributed by atoms with Gasteiger partial charge in [-0.15, -0.1) is 0 Å². The van der Waals surface area contributed by atoms with E-state index in [2.05, 4.69) is 18.9 Å². The number of hydrogen-bond acceptors (Lipinski definition) is 3. The molecule has 6 nitrogen and oxygen atoms in total. The van der Waals surface area contributed by atoms with Crippen molar-refractivity contribution in [2.45, 2.75) is 40.7 Å². The molecule has 0 radical (unpaired) electrons. The van der Waals surface area contributed by atoms with Gasteiger partial charge in [-0.1, -0.05) is 38.4 Å². The lowest BCUT2D eigenvalue weighted by atomic mass is 10.1. The minimum atomic E-state index is -0.159. The summed E-state index contributed by atoms with van der Waals surface area (Å²) >= 11 is 6.09. The Morgan fingerprint density at radius 3 is 2.62 bits per heavy atom. The molecule has 0 spiro atoms. The third kappa shape index (κ3) is 4.22. The van der Waals surface area contributed by atoms with E-state index in [-0.39, 0.29) is 17.4 Å². The molecule has 3 aromatic rings. The number of fused-ring (bicyclic) bond motifs is 1. The summed E-state index contributed by atoms with van der Waals surface area (Å²) in [4.78, 5) is 27.5. The van der Waals surface area contributed by atoms with Gasteiger partial charge in [-0.3, -0.25) is 9.59 Å². The molecule has 0 aliphatic rings. The van der Waals surface area contributed by atoms with Crippen LogP contribution in [0.15, 0.2) is 35.1 Å². The van der Waals surface area contributed by atoms with Crippen molar-refractivity contribution in [1.82, 2.24) is 19.1 Å².